The molecule has 1 rings (SSSR count). The van der Waals surface area contributed by atoms with E-state index >= 15 is 0 Å². The lowest BCUT2D eigenvalue weighted by Gasteiger charge is -2.32. The van der Waals surface area contributed by atoms with Gasteiger partial charge in [-0.25, -0.2) is 0 Å². The fourth-order valence-electron chi connectivity index (χ4n) is 5.16. The predicted octanol–water partition coefficient (Wildman–Crippen LogP) is 6.07. The number of allylic oxidation sites excluding steroid dienone is 1. The van der Waals surface area contributed by atoms with Crippen LogP contribution < -0.4 is 5.32 Å². The molecule has 0 aliphatic carbocycles. The van der Waals surface area contributed by atoms with Crippen LogP contribution in [-0.2, 0) is 4.74 Å². The van der Waals surface area contributed by atoms with E-state index in [2.05, 4.69) is 73.7 Å². The van der Waals surface area contributed by atoms with Gasteiger partial charge < -0.3 is 30.2 Å². The molecule has 0 aromatic carbocycles. The van der Waals surface area contributed by atoms with Crippen molar-refractivity contribution in [3.05, 3.63) is 12.2 Å². The first-order valence-corrected chi connectivity index (χ1v) is 15.9. The van der Waals surface area contributed by atoms with Crippen molar-refractivity contribution in [1.29, 1.82) is 5.41 Å². The van der Waals surface area contributed by atoms with Crippen LogP contribution in [0.5, 0.6) is 0 Å². The molecular weight excluding hydrogens is 470 g/mol. The van der Waals surface area contributed by atoms with E-state index in [1.165, 1.54) is 51.7 Å². The van der Waals surface area contributed by atoms with E-state index in [1.54, 1.807) is 6.21 Å². The first kappa shape index (κ1) is 35.2. The summed E-state index contributed by atoms with van der Waals surface area (Å²) >= 11 is 0. The lowest BCUT2D eigenvalue weighted by molar-refractivity contribution is 0.0773. The number of unbranched alkanes of at least 4 members (excludes halogenated alkanes) is 1. The third-order valence-electron chi connectivity index (χ3n) is 7.81. The minimum absolute atomic E-state index is 0.147. The molecule has 2 N–H and O–H groups in total. The first-order chi connectivity index (χ1) is 18.2. The van der Waals surface area contributed by atoms with Gasteiger partial charge in [0, 0.05) is 38.3 Å². The molecule has 1 aliphatic rings. The molecule has 0 saturated carbocycles. The molecule has 1 aliphatic heterocycles. The highest BCUT2D eigenvalue weighted by Crippen LogP contribution is 2.23. The molecule has 0 radical (unpaired) electrons. The molecule has 0 spiro atoms. The minimum Gasteiger partial charge on any atom is -0.380 e. The molecule has 6 nitrogen and oxygen atoms in total. The highest BCUT2D eigenvalue weighted by molar-refractivity contribution is 5.52. The van der Waals surface area contributed by atoms with Gasteiger partial charge in [0.2, 0.25) is 0 Å². The van der Waals surface area contributed by atoms with Crippen LogP contribution in [0.2, 0.25) is 0 Å². The van der Waals surface area contributed by atoms with Crippen molar-refractivity contribution in [3.63, 3.8) is 0 Å². The number of nitrogens with one attached hydrogen (secondary N) is 2. The molecule has 1 saturated heterocycles. The van der Waals surface area contributed by atoms with Gasteiger partial charge in [-0.15, -0.1) is 0 Å². The topological polar surface area (TPSA) is 54.8 Å². The van der Waals surface area contributed by atoms with Crippen molar-refractivity contribution in [2.75, 3.05) is 78.7 Å². The zero-order valence-electron chi connectivity index (χ0n) is 26.3. The van der Waals surface area contributed by atoms with Crippen LogP contribution in [0, 0.1) is 10.8 Å². The molecule has 6 heteroatoms. The van der Waals surface area contributed by atoms with E-state index in [0.29, 0.717) is 0 Å². The van der Waals surface area contributed by atoms with Gasteiger partial charge in [-0.05, 0) is 123 Å². The Bertz CT molecular complexity index is 599. The van der Waals surface area contributed by atoms with E-state index in [4.69, 9.17) is 10.1 Å². The van der Waals surface area contributed by atoms with Crippen LogP contribution >= 0.6 is 0 Å². The summed E-state index contributed by atoms with van der Waals surface area (Å²) in [5, 5.41) is 11.1. The second kappa shape index (κ2) is 21.0. The van der Waals surface area contributed by atoms with Crippen molar-refractivity contribution in [1.82, 2.24) is 20.0 Å². The van der Waals surface area contributed by atoms with Crippen LogP contribution in [-0.4, -0.2) is 105 Å². The average molecular weight is 536 g/mol. The number of hydrogen-bond donors (Lipinski definition) is 2. The first-order valence-electron chi connectivity index (χ1n) is 15.9. The van der Waals surface area contributed by atoms with Gasteiger partial charge in [0.25, 0.3) is 0 Å². The van der Waals surface area contributed by atoms with Crippen LogP contribution in [0.3, 0.4) is 0 Å². The molecule has 1 heterocycles. The maximum atomic E-state index is 7.27. The third-order valence-corrected chi connectivity index (χ3v) is 7.81. The second-order valence-electron chi connectivity index (χ2n) is 12.7. The molecule has 224 valence electrons. The Morgan fingerprint density at radius 3 is 2.29 bits per heavy atom. The van der Waals surface area contributed by atoms with Crippen molar-refractivity contribution in [2.24, 2.45) is 5.41 Å². The number of nitrogens with zero attached hydrogens (tertiary/aromatic N) is 3. The fourth-order valence-corrected chi connectivity index (χ4v) is 5.16. The molecule has 0 aromatic heterocycles. The quantitative estimate of drug-likeness (QED) is 0.100. The predicted molar refractivity (Wildman–Crippen MR) is 167 cm³/mol. The molecule has 0 atom stereocenters. The summed E-state index contributed by atoms with van der Waals surface area (Å²) in [5.41, 5.74) is 0.392. The van der Waals surface area contributed by atoms with E-state index in [0.717, 1.165) is 84.7 Å². The van der Waals surface area contributed by atoms with Gasteiger partial charge in [0.1, 0.15) is 0 Å². The van der Waals surface area contributed by atoms with Gasteiger partial charge in [-0.2, -0.15) is 0 Å². The van der Waals surface area contributed by atoms with E-state index < -0.39 is 0 Å². The summed E-state index contributed by atoms with van der Waals surface area (Å²) in [6.07, 6.45) is 16.8. The molecule has 0 aromatic rings. The number of ether oxygens (including phenoxy) is 1. The molecule has 38 heavy (non-hydrogen) atoms. The normalized spacial score (nSPS) is 16.4. The summed E-state index contributed by atoms with van der Waals surface area (Å²) in [6, 6.07) is 0. The highest BCUT2D eigenvalue weighted by Gasteiger charge is 2.19. The summed E-state index contributed by atoms with van der Waals surface area (Å²) < 4.78 is 5.68. The third kappa shape index (κ3) is 18.5. The lowest BCUT2D eigenvalue weighted by atomic mass is 9.88. The summed E-state index contributed by atoms with van der Waals surface area (Å²) in [5.74, 6) is 0. The fraction of sp³-hybridized carbons (Fsp3) is 0.906. The minimum atomic E-state index is 0.147. The summed E-state index contributed by atoms with van der Waals surface area (Å²) in [4.78, 5) is 7.79. The largest absolute Gasteiger partial charge is 0.380 e. The molecule has 0 bridgehead atoms. The highest BCUT2D eigenvalue weighted by atomic mass is 16.5. The SMILES string of the molecule is CCCN(CC/C=C/C(C)(C)CCN1CCCCOCC1)CCNC(C)(C)CCN(CCC)CCCC=N. The van der Waals surface area contributed by atoms with Crippen molar-refractivity contribution in [3.8, 4) is 0 Å². The van der Waals surface area contributed by atoms with Crippen LogP contribution in [0.15, 0.2) is 12.2 Å². The number of rotatable bonds is 22. The lowest BCUT2D eigenvalue weighted by Crippen LogP contribution is -2.46. The maximum absolute atomic E-state index is 7.27. The Morgan fingerprint density at radius 2 is 1.58 bits per heavy atom. The Morgan fingerprint density at radius 1 is 0.842 bits per heavy atom. The Hall–Kier alpha value is -0.790. The molecule has 0 amide bonds. The van der Waals surface area contributed by atoms with E-state index in [-0.39, 0.29) is 11.0 Å². The van der Waals surface area contributed by atoms with Crippen LogP contribution in [0.1, 0.15) is 99.3 Å². The zero-order valence-corrected chi connectivity index (χ0v) is 26.3. The smallest absolute Gasteiger partial charge is 0.0593 e. The zero-order chi connectivity index (χ0) is 28.1. The van der Waals surface area contributed by atoms with Crippen LogP contribution in [0.4, 0.5) is 0 Å². The van der Waals surface area contributed by atoms with Gasteiger partial charge in [0.05, 0.1) is 6.61 Å². The van der Waals surface area contributed by atoms with E-state index in [9.17, 15) is 0 Å². The van der Waals surface area contributed by atoms with Gasteiger partial charge in [-0.3, -0.25) is 0 Å². The molecule has 1 fully saturated rings. The van der Waals surface area contributed by atoms with Crippen molar-refractivity contribution >= 4 is 6.21 Å². The number of hydrogen-bond acceptors (Lipinski definition) is 6. The Balaban J connectivity index is 2.36. The van der Waals surface area contributed by atoms with Gasteiger partial charge >= 0.3 is 0 Å². The van der Waals surface area contributed by atoms with Crippen LogP contribution in [0.25, 0.3) is 0 Å². The van der Waals surface area contributed by atoms with Gasteiger partial charge in [0.15, 0.2) is 0 Å². The standard InChI is InChI=1S/C32H65N5O/c1-7-20-35(23-12-10-18-33)26-17-32(5,6)34-19-27-36(21-8-2)22-11-9-15-31(3,4)16-25-37-24-13-14-29-38-30-28-37/h9,15,18,33-34H,7-8,10-14,16-17,19-30H2,1-6H3/b15-9+,33-18?. The maximum Gasteiger partial charge on any atom is 0.0593 e. The second-order valence-corrected chi connectivity index (χ2v) is 12.7. The summed E-state index contributed by atoms with van der Waals surface area (Å²) in [7, 11) is 0. The van der Waals surface area contributed by atoms with Crippen molar-refractivity contribution in [2.45, 2.75) is 105 Å². The summed E-state index contributed by atoms with van der Waals surface area (Å²) in [6.45, 7) is 27.2. The molecular formula is C32H65N5O. The van der Waals surface area contributed by atoms with Crippen molar-refractivity contribution < 1.29 is 4.74 Å². The Kier molecular flexibility index (Phi) is 19.5. The van der Waals surface area contributed by atoms with E-state index in [1.807, 2.05) is 0 Å². The average Bonchev–Trinajstić information content (AvgIpc) is 2.84. The molecule has 0 unspecified atom stereocenters. The Labute approximate surface area is 237 Å². The monoisotopic (exact) mass is 536 g/mol. The van der Waals surface area contributed by atoms with Gasteiger partial charge in [-0.1, -0.05) is 39.8 Å².